The molecule has 0 aliphatic carbocycles. The largest absolute Gasteiger partial charge is 0.489 e. The molecule has 4 nitrogen and oxygen atoms in total. The van der Waals surface area contributed by atoms with E-state index in [2.05, 4.69) is 58.0 Å². The Labute approximate surface area is 166 Å². The Hall–Kier alpha value is -2.30. The van der Waals surface area contributed by atoms with E-state index in [0.29, 0.717) is 13.2 Å². The minimum Gasteiger partial charge on any atom is -0.489 e. The smallest absolute Gasteiger partial charge is 0.121 e. The van der Waals surface area contributed by atoms with E-state index in [4.69, 9.17) is 9.47 Å². The summed E-state index contributed by atoms with van der Waals surface area (Å²) in [5.41, 5.74) is 4.04. The van der Waals surface area contributed by atoms with Gasteiger partial charge in [-0.15, -0.1) is 0 Å². The summed E-state index contributed by atoms with van der Waals surface area (Å²) >= 11 is 0. The quantitative estimate of drug-likeness (QED) is 0.594. The first kappa shape index (κ1) is 17.8. The third kappa shape index (κ3) is 3.21. The first-order valence-electron chi connectivity index (χ1n) is 10.4. The van der Waals surface area contributed by atoms with Crippen LogP contribution in [-0.4, -0.2) is 49.4 Å². The lowest BCUT2D eigenvalue weighted by atomic mass is 9.84. The summed E-state index contributed by atoms with van der Waals surface area (Å²) in [4.78, 5) is 2.56. The highest BCUT2D eigenvalue weighted by Gasteiger charge is 2.28. The molecule has 0 N–H and O–H groups in total. The number of fused-ring (bicyclic) bond motifs is 6. The molecular formula is C24H28N2O2. The maximum absolute atomic E-state index is 6.14. The fraction of sp³-hybridized carbons (Fsp3) is 0.417. The summed E-state index contributed by atoms with van der Waals surface area (Å²) in [6.45, 7) is 5.87. The van der Waals surface area contributed by atoms with Crippen molar-refractivity contribution < 1.29 is 9.47 Å². The molecule has 3 aliphatic heterocycles. The van der Waals surface area contributed by atoms with Gasteiger partial charge in [0.05, 0.1) is 12.1 Å². The standard InChI is InChI=1S/C24H28N2O2/c1-27-15-13-26-23-5-3-2-4-21(23)22-7-6-20(16-24(22)26)28-14-10-19-17-25-11-8-18(19)9-12-25/h2-7,10,16,18H,8-9,11-15,17H2,1H3/b19-10+. The average molecular weight is 377 g/mol. The van der Waals surface area contributed by atoms with Gasteiger partial charge in [0.2, 0.25) is 0 Å². The molecule has 0 amide bonds. The van der Waals surface area contributed by atoms with Gasteiger partial charge in [-0.3, -0.25) is 4.90 Å². The van der Waals surface area contributed by atoms with Gasteiger partial charge in [0, 0.05) is 42.6 Å². The van der Waals surface area contributed by atoms with E-state index in [1.807, 2.05) is 0 Å². The zero-order chi connectivity index (χ0) is 18.9. The van der Waals surface area contributed by atoms with Crippen LogP contribution in [-0.2, 0) is 11.3 Å². The Bertz CT molecular complexity index is 1010. The number of hydrogen-bond donors (Lipinski definition) is 0. The van der Waals surface area contributed by atoms with E-state index in [-0.39, 0.29) is 0 Å². The maximum atomic E-state index is 6.14. The fourth-order valence-electron chi connectivity index (χ4n) is 4.87. The van der Waals surface area contributed by atoms with Crippen molar-refractivity contribution in [3.05, 3.63) is 54.1 Å². The van der Waals surface area contributed by atoms with Crippen molar-refractivity contribution in [2.75, 3.05) is 40.0 Å². The van der Waals surface area contributed by atoms with Crippen molar-refractivity contribution in [1.29, 1.82) is 0 Å². The summed E-state index contributed by atoms with van der Waals surface area (Å²) in [5, 5.41) is 2.56. The minimum absolute atomic E-state index is 0.656. The summed E-state index contributed by atoms with van der Waals surface area (Å²) in [7, 11) is 1.75. The Morgan fingerprint density at radius 3 is 2.64 bits per heavy atom. The van der Waals surface area contributed by atoms with Crippen LogP contribution in [0.3, 0.4) is 0 Å². The molecule has 146 valence electrons. The van der Waals surface area contributed by atoms with Crippen LogP contribution in [0, 0.1) is 5.92 Å². The van der Waals surface area contributed by atoms with E-state index in [1.54, 1.807) is 12.7 Å². The van der Waals surface area contributed by atoms with Gasteiger partial charge in [-0.2, -0.15) is 0 Å². The Morgan fingerprint density at radius 1 is 1.04 bits per heavy atom. The van der Waals surface area contributed by atoms with Gasteiger partial charge in [-0.05, 0) is 56.1 Å². The predicted molar refractivity (Wildman–Crippen MR) is 114 cm³/mol. The molecule has 0 spiro atoms. The van der Waals surface area contributed by atoms with E-state index in [1.165, 1.54) is 47.7 Å². The van der Waals surface area contributed by atoms with Gasteiger partial charge in [-0.25, -0.2) is 0 Å². The van der Waals surface area contributed by atoms with Crippen LogP contribution in [0.2, 0.25) is 0 Å². The second-order valence-electron chi connectivity index (χ2n) is 7.98. The third-order valence-electron chi connectivity index (χ3n) is 6.38. The molecule has 0 atom stereocenters. The molecule has 4 heteroatoms. The monoisotopic (exact) mass is 376 g/mol. The highest BCUT2D eigenvalue weighted by Crippen LogP contribution is 2.33. The lowest BCUT2D eigenvalue weighted by Crippen LogP contribution is -2.43. The molecule has 0 saturated carbocycles. The topological polar surface area (TPSA) is 26.6 Å². The molecule has 0 radical (unpaired) electrons. The molecule has 3 aromatic rings. The van der Waals surface area contributed by atoms with Gasteiger partial charge in [0.15, 0.2) is 0 Å². The first-order valence-corrected chi connectivity index (χ1v) is 10.4. The first-order chi connectivity index (χ1) is 13.8. The molecular weight excluding hydrogens is 348 g/mol. The van der Waals surface area contributed by atoms with E-state index in [0.717, 1.165) is 24.8 Å². The number of aromatic nitrogens is 1. The SMILES string of the molecule is COCCn1c2ccccc2c2ccc(OC/C=C3\CN4CCC3CC4)cc21. The van der Waals surface area contributed by atoms with Gasteiger partial charge >= 0.3 is 0 Å². The number of nitrogens with zero attached hydrogens (tertiary/aromatic N) is 2. The van der Waals surface area contributed by atoms with Gasteiger partial charge in [0.25, 0.3) is 0 Å². The Morgan fingerprint density at radius 2 is 1.86 bits per heavy atom. The third-order valence-corrected chi connectivity index (χ3v) is 6.38. The van der Waals surface area contributed by atoms with Crippen molar-refractivity contribution in [2.45, 2.75) is 19.4 Å². The highest BCUT2D eigenvalue weighted by molar-refractivity contribution is 6.08. The number of benzene rings is 2. The number of hydrogen-bond acceptors (Lipinski definition) is 3. The van der Waals surface area contributed by atoms with Crippen molar-refractivity contribution in [1.82, 2.24) is 9.47 Å². The van der Waals surface area contributed by atoms with E-state index >= 15 is 0 Å². The number of piperidine rings is 3. The Kier molecular flexibility index (Phi) is 4.83. The minimum atomic E-state index is 0.656. The normalized spacial score (nSPS) is 23.1. The number of methoxy groups -OCH3 is 1. The lowest BCUT2D eigenvalue weighted by Gasteiger charge is -2.41. The van der Waals surface area contributed by atoms with Gasteiger partial charge in [-0.1, -0.05) is 23.8 Å². The molecule has 4 heterocycles. The van der Waals surface area contributed by atoms with Crippen LogP contribution in [0.25, 0.3) is 21.8 Å². The van der Waals surface area contributed by atoms with Crippen LogP contribution in [0.5, 0.6) is 5.75 Å². The van der Waals surface area contributed by atoms with Gasteiger partial charge in [0.1, 0.15) is 12.4 Å². The predicted octanol–water partition coefficient (Wildman–Crippen LogP) is 4.47. The number of ether oxygens (including phenoxy) is 2. The molecule has 3 saturated heterocycles. The zero-order valence-electron chi connectivity index (χ0n) is 16.6. The molecule has 2 bridgehead atoms. The number of para-hydroxylation sites is 1. The molecule has 3 fully saturated rings. The van der Waals surface area contributed by atoms with Crippen molar-refractivity contribution in [3.8, 4) is 5.75 Å². The van der Waals surface area contributed by atoms with Crippen LogP contribution in [0.4, 0.5) is 0 Å². The van der Waals surface area contributed by atoms with Crippen molar-refractivity contribution in [2.24, 2.45) is 5.92 Å². The summed E-state index contributed by atoms with van der Waals surface area (Å²) < 4.78 is 13.8. The molecule has 3 aliphatic rings. The van der Waals surface area contributed by atoms with Crippen LogP contribution >= 0.6 is 0 Å². The average Bonchev–Trinajstić information content (AvgIpc) is 3.06. The molecule has 28 heavy (non-hydrogen) atoms. The van der Waals surface area contributed by atoms with Crippen LogP contribution in [0.15, 0.2) is 54.1 Å². The number of rotatable bonds is 6. The second-order valence-corrected chi connectivity index (χ2v) is 7.98. The van der Waals surface area contributed by atoms with E-state index < -0.39 is 0 Å². The molecule has 6 rings (SSSR count). The van der Waals surface area contributed by atoms with E-state index in [9.17, 15) is 0 Å². The maximum Gasteiger partial charge on any atom is 0.121 e. The zero-order valence-corrected chi connectivity index (χ0v) is 16.6. The van der Waals surface area contributed by atoms with Gasteiger partial charge < -0.3 is 14.0 Å². The summed E-state index contributed by atoms with van der Waals surface area (Å²) in [5.74, 6) is 1.72. The fourth-order valence-corrected chi connectivity index (χ4v) is 4.87. The highest BCUT2D eigenvalue weighted by atomic mass is 16.5. The van der Waals surface area contributed by atoms with Crippen molar-refractivity contribution >= 4 is 21.8 Å². The summed E-state index contributed by atoms with van der Waals surface area (Å²) in [6, 6.07) is 15.1. The summed E-state index contributed by atoms with van der Waals surface area (Å²) in [6.07, 6.45) is 4.95. The van der Waals surface area contributed by atoms with Crippen LogP contribution in [0.1, 0.15) is 12.8 Å². The molecule has 1 aromatic heterocycles. The molecule has 2 aromatic carbocycles. The lowest BCUT2D eigenvalue weighted by molar-refractivity contribution is 0.160. The van der Waals surface area contributed by atoms with Crippen LogP contribution < -0.4 is 4.74 Å². The molecule has 0 unspecified atom stereocenters. The van der Waals surface area contributed by atoms with Crippen molar-refractivity contribution in [3.63, 3.8) is 0 Å². The second kappa shape index (κ2) is 7.61. The Balaban J connectivity index is 1.40.